The van der Waals surface area contributed by atoms with Crippen LogP contribution < -0.4 is 0 Å². The van der Waals surface area contributed by atoms with Crippen molar-refractivity contribution in [1.29, 1.82) is 0 Å². The number of ether oxygens (including phenoxy) is 2. The van der Waals surface area contributed by atoms with Crippen LogP contribution in [-0.2, 0) is 9.47 Å². The zero-order valence-corrected chi connectivity index (χ0v) is 14.6. The van der Waals surface area contributed by atoms with E-state index in [0.717, 1.165) is 19.6 Å². The Hall–Kier alpha value is -1.57. The zero-order chi connectivity index (χ0) is 17.1. The van der Waals surface area contributed by atoms with E-state index in [2.05, 4.69) is 14.9 Å². The van der Waals surface area contributed by atoms with E-state index in [1.807, 2.05) is 4.90 Å². The summed E-state index contributed by atoms with van der Waals surface area (Å²) in [5, 5.41) is 0. The Morgan fingerprint density at radius 3 is 2.96 bits per heavy atom. The maximum Gasteiger partial charge on any atom is 0.274 e. The van der Waals surface area contributed by atoms with Crippen molar-refractivity contribution in [1.82, 2.24) is 19.8 Å². The first-order valence-corrected chi connectivity index (χ1v) is 9.23. The highest BCUT2D eigenvalue weighted by atomic mass is 16.5. The number of carbonyl (C=O) groups is 1. The van der Waals surface area contributed by atoms with E-state index >= 15 is 0 Å². The first kappa shape index (κ1) is 16.9. The van der Waals surface area contributed by atoms with Crippen molar-refractivity contribution in [2.24, 2.45) is 5.92 Å². The molecular formula is C18H26N4O3. The molecule has 1 aromatic rings. The lowest BCUT2D eigenvalue weighted by atomic mass is 9.94. The molecule has 0 aromatic carbocycles. The summed E-state index contributed by atoms with van der Waals surface area (Å²) in [6.07, 6.45) is 8.22. The van der Waals surface area contributed by atoms with Crippen LogP contribution in [0.3, 0.4) is 0 Å². The van der Waals surface area contributed by atoms with Gasteiger partial charge in [-0.3, -0.25) is 9.78 Å². The van der Waals surface area contributed by atoms with Gasteiger partial charge in [-0.1, -0.05) is 0 Å². The van der Waals surface area contributed by atoms with E-state index in [0.29, 0.717) is 37.9 Å². The molecule has 1 spiro atoms. The molecule has 0 aliphatic carbocycles. The van der Waals surface area contributed by atoms with Crippen molar-refractivity contribution in [3.63, 3.8) is 0 Å². The monoisotopic (exact) mass is 346 g/mol. The maximum atomic E-state index is 12.8. The molecule has 2 atom stereocenters. The molecule has 7 heteroatoms. The van der Waals surface area contributed by atoms with Crippen molar-refractivity contribution in [3.8, 4) is 0 Å². The van der Waals surface area contributed by atoms with Gasteiger partial charge >= 0.3 is 0 Å². The van der Waals surface area contributed by atoms with Gasteiger partial charge in [-0.05, 0) is 38.3 Å². The molecule has 0 radical (unpaired) electrons. The van der Waals surface area contributed by atoms with Crippen LogP contribution in [0.15, 0.2) is 18.6 Å². The second-order valence-electron chi connectivity index (χ2n) is 7.44. The average Bonchev–Trinajstić information content (AvgIpc) is 3.23. The van der Waals surface area contributed by atoms with Crippen LogP contribution >= 0.6 is 0 Å². The number of carbonyl (C=O) groups excluding carboxylic acids is 1. The summed E-state index contributed by atoms with van der Waals surface area (Å²) in [7, 11) is 0. The molecule has 0 bridgehead atoms. The Balaban J connectivity index is 1.42. The summed E-state index contributed by atoms with van der Waals surface area (Å²) in [4.78, 5) is 25.3. The Kier molecular flexibility index (Phi) is 4.96. The fourth-order valence-electron chi connectivity index (χ4n) is 4.25. The van der Waals surface area contributed by atoms with Gasteiger partial charge in [0.05, 0.1) is 32.6 Å². The Bertz CT molecular complexity index is 593. The molecule has 3 fully saturated rings. The standard InChI is InChI=1S/C18H26N4O3/c23-17(16-10-19-3-4-20-16)22-7-8-24-14-18(13-22)9-15(12-25-18)11-21-5-1-2-6-21/h3-4,10,15H,1-2,5-9,11-14H2/t15-,18+/m1/s1. The first-order chi connectivity index (χ1) is 12.2. The highest BCUT2D eigenvalue weighted by Crippen LogP contribution is 2.34. The summed E-state index contributed by atoms with van der Waals surface area (Å²) >= 11 is 0. The van der Waals surface area contributed by atoms with Crippen LogP contribution in [-0.4, -0.2) is 83.8 Å². The fraction of sp³-hybridized carbons (Fsp3) is 0.722. The minimum Gasteiger partial charge on any atom is -0.377 e. The minimum atomic E-state index is -0.376. The van der Waals surface area contributed by atoms with Crippen LogP contribution in [0.1, 0.15) is 29.8 Å². The van der Waals surface area contributed by atoms with E-state index in [-0.39, 0.29) is 11.5 Å². The summed E-state index contributed by atoms with van der Waals surface area (Å²) in [6, 6.07) is 0. The van der Waals surface area contributed by atoms with Gasteiger partial charge in [-0.2, -0.15) is 0 Å². The molecule has 4 heterocycles. The number of amides is 1. The van der Waals surface area contributed by atoms with Gasteiger partial charge < -0.3 is 19.3 Å². The van der Waals surface area contributed by atoms with Crippen LogP contribution in [0, 0.1) is 5.92 Å². The number of aromatic nitrogens is 2. The second-order valence-corrected chi connectivity index (χ2v) is 7.44. The molecule has 25 heavy (non-hydrogen) atoms. The molecule has 1 amide bonds. The molecular weight excluding hydrogens is 320 g/mol. The van der Waals surface area contributed by atoms with Gasteiger partial charge in [-0.25, -0.2) is 4.98 Å². The molecule has 1 aromatic heterocycles. The maximum absolute atomic E-state index is 12.8. The number of rotatable bonds is 3. The molecule has 0 N–H and O–H groups in total. The third-order valence-corrected chi connectivity index (χ3v) is 5.42. The first-order valence-electron chi connectivity index (χ1n) is 9.23. The summed E-state index contributed by atoms with van der Waals surface area (Å²) < 4.78 is 12.0. The van der Waals surface area contributed by atoms with Gasteiger partial charge in [-0.15, -0.1) is 0 Å². The topological polar surface area (TPSA) is 67.8 Å². The average molecular weight is 346 g/mol. The van der Waals surface area contributed by atoms with Crippen molar-refractivity contribution in [2.45, 2.75) is 24.9 Å². The molecule has 3 aliphatic rings. The van der Waals surface area contributed by atoms with Crippen LogP contribution in [0.4, 0.5) is 0 Å². The second kappa shape index (κ2) is 7.35. The molecule has 3 aliphatic heterocycles. The van der Waals surface area contributed by atoms with Crippen molar-refractivity contribution >= 4 is 5.91 Å². The van der Waals surface area contributed by atoms with Crippen LogP contribution in [0.2, 0.25) is 0 Å². The van der Waals surface area contributed by atoms with Gasteiger partial charge in [0.15, 0.2) is 0 Å². The lowest BCUT2D eigenvalue weighted by molar-refractivity contribution is -0.0539. The molecule has 0 saturated carbocycles. The summed E-state index contributed by atoms with van der Waals surface area (Å²) in [5.74, 6) is 0.429. The summed E-state index contributed by atoms with van der Waals surface area (Å²) in [5.41, 5.74) is 0.00448. The Labute approximate surface area is 148 Å². The highest BCUT2D eigenvalue weighted by Gasteiger charge is 2.44. The lowest BCUT2D eigenvalue weighted by Gasteiger charge is -2.31. The van der Waals surface area contributed by atoms with Crippen molar-refractivity contribution in [2.75, 3.05) is 52.5 Å². The predicted octanol–water partition coefficient (Wildman–Crippen LogP) is 0.820. The van der Waals surface area contributed by atoms with E-state index in [9.17, 15) is 4.79 Å². The molecule has 7 nitrogen and oxygen atoms in total. The highest BCUT2D eigenvalue weighted by molar-refractivity contribution is 5.92. The van der Waals surface area contributed by atoms with E-state index < -0.39 is 0 Å². The van der Waals surface area contributed by atoms with Crippen LogP contribution in [0.25, 0.3) is 0 Å². The molecule has 136 valence electrons. The van der Waals surface area contributed by atoms with E-state index in [4.69, 9.17) is 9.47 Å². The van der Waals surface area contributed by atoms with Crippen molar-refractivity contribution in [3.05, 3.63) is 24.3 Å². The molecule has 3 saturated heterocycles. The number of hydrogen-bond donors (Lipinski definition) is 0. The van der Waals surface area contributed by atoms with Gasteiger partial charge in [0.1, 0.15) is 11.3 Å². The number of hydrogen-bond acceptors (Lipinski definition) is 6. The van der Waals surface area contributed by atoms with E-state index in [1.54, 1.807) is 12.4 Å². The van der Waals surface area contributed by atoms with Crippen molar-refractivity contribution < 1.29 is 14.3 Å². The van der Waals surface area contributed by atoms with E-state index in [1.165, 1.54) is 32.1 Å². The quantitative estimate of drug-likeness (QED) is 0.807. The minimum absolute atomic E-state index is 0.0930. The molecule has 4 rings (SSSR count). The smallest absolute Gasteiger partial charge is 0.274 e. The Morgan fingerprint density at radius 2 is 2.16 bits per heavy atom. The normalized spacial score (nSPS) is 30.7. The number of nitrogens with zero attached hydrogens (tertiary/aromatic N) is 4. The fourth-order valence-corrected chi connectivity index (χ4v) is 4.25. The van der Waals surface area contributed by atoms with Crippen LogP contribution in [0.5, 0.6) is 0 Å². The van der Waals surface area contributed by atoms with Gasteiger partial charge in [0.25, 0.3) is 5.91 Å². The van der Waals surface area contributed by atoms with Gasteiger partial charge in [0, 0.05) is 25.5 Å². The molecule has 0 unspecified atom stereocenters. The number of likely N-dealkylation sites (tertiary alicyclic amines) is 1. The largest absolute Gasteiger partial charge is 0.377 e. The zero-order valence-electron chi connectivity index (χ0n) is 14.6. The Morgan fingerprint density at radius 1 is 1.28 bits per heavy atom. The predicted molar refractivity (Wildman–Crippen MR) is 91.2 cm³/mol. The SMILES string of the molecule is O=C(c1cnccn1)N1CCOC[C@]2(C[C@H](CN3CCCC3)CO2)C1. The summed E-state index contributed by atoms with van der Waals surface area (Å²) in [6.45, 7) is 6.50. The third kappa shape index (κ3) is 3.83. The third-order valence-electron chi connectivity index (χ3n) is 5.42. The van der Waals surface area contributed by atoms with Gasteiger partial charge in [0.2, 0.25) is 0 Å². The lowest BCUT2D eigenvalue weighted by Crippen LogP contribution is -2.46.